The Hall–Kier alpha value is -3.26. The highest BCUT2D eigenvalue weighted by molar-refractivity contribution is 5.80. The van der Waals surface area contributed by atoms with Crippen LogP contribution in [0, 0.1) is 5.41 Å². The summed E-state index contributed by atoms with van der Waals surface area (Å²) >= 11 is 0. The average molecular weight is 592 g/mol. The number of piperidine rings is 1. The number of nitrogens with zero attached hydrogens (tertiary/aromatic N) is 3. The van der Waals surface area contributed by atoms with E-state index in [0.29, 0.717) is 32.1 Å². The highest BCUT2D eigenvalue weighted by Gasteiger charge is 2.52. The van der Waals surface area contributed by atoms with Gasteiger partial charge in [0.15, 0.2) is 0 Å². The van der Waals surface area contributed by atoms with Gasteiger partial charge in [-0.05, 0) is 75.0 Å². The summed E-state index contributed by atoms with van der Waals surface area (Å²) in [6, 6.07) is 14.7. The number of amides is 2. The van der Waals surface area contributed by atoms with E-state index in [1.807, 2.05) is 43.9 Å². The molecule has 8 nitrogen and oxygen atoms in total. The molecule has 8 heteroatoms. The van der Waals surface area contributed by atoms with Crippen molar-refractivity contribution in [1.29, 1.82) is 0 Å². The second-order valence-corrected chi connectivity index (χ2v) is 14.0. The smallest absolute Gasteiger partial charge is 0.410 e. The Kier molecular flexibility index (Phi) is 8.98. The molecule has 1 spiro atoms. The molecule has 3 aliphatic rings. The molecule has 0 bridgehead atoms. The molecule has 0 aromatic heterocycles. The second-order valence-electron chi connectivity index (χ2n) is 14.0. The number of ether oxygens (including phenoxy) is 3. The normalized spacial score (nSPS) is 21.2. The molecule has 43 heavy (non-hydrogen) atoms. The van der Waals surface area contributed by atoms with E-state index in [1.165, 1.54) is 11.1 Å². The number of carbonyl (C=O) groups is 2. The van der Waals surface area contributed by atoms with Gasteiger partial charge in [0.1, 0.15) is 17.1 Å². The fourth-order valence-electron chi connectivity index (χ4n) is 7.27. The topological polar surface area (TPSA) is 71.6 Å². The predicted octanol–water partition coefficient (Wildman–Crippen LogP) is 6.39. The van der Waals surface area contributed by atoms with Crippen molar-refractivity contribution in [3.05, 3.63) is 59.2 Å². The molecule has 2 aromatic carbocycles. The summed E-state index contributed by atoms with van der Waals surface area (Å²) in [6.07, 6.45) is 3.69. The molecule has 3 fully saturated rings. The van der Waals surface area contributed by atoms with E-state index in [4.69, 9.17) is 14.2 Å². The molecular formula is C35H49N3O5. The summed E-state index contributed by atoms with van der Waals surface area (Å²) < 4.78 is 16.7. The van der Waals surface area contributed by atoms with Gasteiger partial charge in [-0.2, -0.15) is 0 Å². The fraction of sp³-hybridized carbons (Fsp3) is 0.600. The van der Waals surface area contributed by atoms with Gasteiger partial charge in [0.2, 0.25) is 5.91 Å². The van der Waals surface area contributed by atoms with Crippen LogP contribution in [0.1, 0.15) is 89.0 Å². The van der Waals surface area contributed by atoms with Gasteiger partial charge in [-0.3, -0.25) is 9.69 Å². The maximum Gasteiger partial charge on any atom is 0.410 e. The van der Waals surface area contributed by atoms with Crippen molar-refractivity contribution in [2.24, 2.45) is 5.41 Å². The minimum Gasteiger partial charge on any atom is -0.497 e. The molecule has 1 atom stereocenters. The minimum atomic E-state index is -0.490. The maximum atomic E-state index is 14.1. The first-order valence-electron chi connectivity index (χ1n) is 15.7. The first-order chi connectivity index (χ1) is 20.4. The van der Waals surface area contributed by atoms with E-state index in [-0.39, 0.29) is 29.5 Å². The van der Waals surface area contributed by atoms with E-state index < -0.39 is 5.60 Å². The Balaban J connectivity index is 1.33. The first kappa shape index (κ1) is 31.2. The monoisotopic (exact) mass is 591 g/mol. The highest BCUT2D eigenvalue weighted by Crippen LogP contribution is 2.53. The van der Waals surface area contributed by atoms with Crippen LogP contribution < -0.4 is 9.47 Å². The molecule has 2 amide bonds. The van der Waals surface area contributed by atoms with Gasteiger partial charge in [0.05, 0.1) is 26.8 Å². The molecular weight excluding hydrogens is 542 g/mol. The minimum absolute atomic E-state index is 0.0201. The van der Waals surface area contributed by atoms with Crippen LogP contribution in [-0.4, -0.2) is 78.7 Å². The van der Waals surface area contributed by atoms with Crippen LogP contribution in [0.5, 0.6) is 11.5 Å². The lowest BCUT2D eigenvalue weighted by atomic mass is 9.59. The number of likely N-dealkylation sites (tertiary alicyclic amines) is 1. The highest BCUT2D eigenvalue weighted by atomic mass is 16.6. The quantitative estimate of drug-likeness (QED) is 0.372. The lowest BCUT2D eigenvalue weighted by Crippen LogP contribution is -2.62. The van der Waals surface area contributed by atoms with Crippen LogP contribution in [0.2, 0.25) is 0 Å². The summed E-state index contributed by atoms with van der Waals surface area (Å²) in [6.45, 7) is 13.4. The van der Waals surface area contributed by atoms with E-state index in [2.05, 4.69) is 47.9 Å². The van der Waals surface area contributed by atoms with Gasteiger partial charge in [0, 0.05) is 43.9 Å². The zero-order chi connectivity index (χ0) is 30.9. The van der Waals surface area contributed by atoms with Crippen molar-refractivity contribution in [3.8, 4) is 11.5 Å². The van der Waals surface area contributed by atoms with E-state index in [0.717, 1.165) is 49.3 Å². The average Bonchev–Trinajstić information content (AvgIpc) is 2.95. The van der Waals surface area contributed by atoms with E-state index >= 15 is 0 Å². The predicted molar refractivity (Wildman–Crippen MR) is 167 cm³/mol. The van der Waals surface area contributed by atoms with E-state index in [1.54, 1.807) is 14.2 Å². The number of rotatable bonds is 7. The van der Waals surface area contributed by atoms with Crippen LogP contribution in [0.15, 0.2) is 42.5 Å². The summed E-state index contributed by atoms with van der Waals surface area (Å²) in [5.74, 6) is 2.07. The molecule has 1 saturated carbocycles. The third kappa shape index (κ3) is 6.79. The van der Waals surface area contributed by atoms with Crippen LogP contribution >= 0.6 is 0 Å². The Bertz CT molecular complexity index is 1300. The summed E-state index contributed by atoms with van der Waals surface area (Å²) in [4.78, 5) is 33.0. The number of hydrogen-bond donors (Lipinski definition) is 0. The van der Waals surface area contributed by atoms with Gasteiger partial charge in [-0.1, -0.05) is 44.2 Å². The van der Waals surface area contributed by atoms with Crippen LogP contribution in [-0.2, 0) is 16.1 Å². The van der Waals surface area contributed by atoms with Gasteiger partial charge in [-0.25, -0.2) is 4.79 Å². The molecule has 1 unspecified atom stereocenters. The van der Waals surface area contributed by atoms with Crippen LogP contribution in [0.4, 0.5) is 4.79 Å². The molecule has 2 aromatic rings. The van der Waals surface area contributed by atoms with Crippen molar-refractivity contribution in [2.75, 3.05) is 40.4 Å². The standard InChI is InChI=1S/C35H49N3O5/c1-24(2)28-10-8-9-11-29(28)30-22-36(21-25-12-13-27(41-6)18-31(25)42-7)23-32(39)38(30)26-19-35(20-26)14-16-37(17-15-35)33(40)43-34(3,4)5/h8-13,18,24,26,30H,14-17,19-23H2,1-7H3. The van der Waals surface area contributed by atoms with Gasteiger partial charge < -0.3 is 24.0 Å². The van der Waals surface area contributed by atoms with Crippen molar-refractivity contribution in [1.82, 2.24) is 14.7 Å². The Morgan fingerprint density at radius 2 is 1.72 bits per heavy atom. The van der Waals surface area contributed by atoms with Gasteiger partial charge in [-0.15, -0.1) is 0 Å². The zero-order valence-electron chi connectivity index (χ0n) is 27.0. The SMILES string of the molecule is COc1ccc(CN2CC(=O)N(C3CC4(CCN(C(=O)OC(C)(C)C)CC4)C3)C(c3ccccc3C(C)C)C2)c(OC)c1. The van der Waals surface area contributed by atoms with Crippen LogP contribution in [0.3, 0.4) is 0 Å². The van der Waals surface area contributed by atoms with Gasteiger partial charge in [0.25, 0.3) is 0 Å². The van der Waals surface area contributed by atoms with E-state index in [9.17, 15) is 9.59 Å². The number of hydrogen-bond acceptors (Lipinski definition) is 6. The van der Waals surface area contributed by atoms with Crippen molar-refractivity contribution < 1.29 is 23.8 Å². The zero-order valence-corrected chi connectivity index (χ0v) is 27.0. The first-order valence-corrected chi connectivity index (χ1v) is 15.7. The summed E-state index contributed by atoms with van der Waals surface area (Å²) in [5, 5.41) is 0. The molecule has 1 aliphatic carbocycles. The van der Waals surface area contributed by atoms with Crippen molar-refractivity contribution in [3.63, 3.8) is 0 Å². The van der Waals surface area contributed by atoms with Gasteiger partial charge >= 0.3 is 6.09 Å². The lowest BCUT2D eigenvalue weighted by molar-refractivity contribution is -0.153. The number of benzene rings is 2. The Morgan fingerprint density at radius 3 is 2.35 bits per heavy atom. The molecule has 2 aliphatic heterocycles. The third-order valence-electron chi connectivity index (χ3n) is 9.49. The molecule has 0 N–H and O–H groups in total. The van der Waals surface area contributed by atoms with Crippen molar-refractivity contribution >= 4 is 12.0 Å². The molecule has 2 saturated heterocycles. The summed E-state index contributed by atoms with van der Waals surface area (Å²) in [5.41, 5.74) is 3.29. The second kappa shape index (κ2) is 12.4. The maximum absolute atomic E-state index is 14.1. The van der Waals surface area contributed by atoms with Crippen molar-refractivity contribution in [2.45, 2.75) is 90.4 Å². The number of carbonyl (C=O) groups excluding carboxylic acids is 2. The largest absolute Gasteiger partial charge is 0.497 e. The summed E-state index contributed by atoms with van der Waals surface area (Å²) in [7, 11) is 3.32. The molecule has 0 radical (unpaired) electrons. The Morgan fingerprint density at radius 1 is 1.02 bits per heavy atom. The number of methoxy groups -OCH3 is 2. The molecule has 234 valence electrons. The molecule has 2 heterocycles. The lowest BCUT2D eigenvalue weighted by Gasteiger charge is -2.58. The fourth-order valence-corrected chi connectivity index (χ4v) is 7.27. The number of piperazine rings is 1. The Labute approximate surface area is 257 Å². The van der Waals surface area contributed by atoms with Crippen LogP contribution in [0.25, 0.3) is 0 Å². The molecule has 5 rings (SSSR count). The third-order valence-corrected chi connectivity index (χ3v) is 9.49.